The molecule has 1 heterocycles. The number of nitrogens with zero attached hydrogens (tertiary/aromatic N) is 1. The minimum absolute atomic E-state index is 0.0680. The maximum absolute atomic E-state index is 11.0. The highest BCUT2D eigenvalue weighted by atomic mass is 32.2. The highest BCUT2D eigenvalue weighted by Gasteiger charge is 2.28. The fraction of sp³-hybridized carbons (Fsp3) is 0.857. The van der Waals surface area contributed by atoms with E-state index in [9.17, 15) is 4.79 Å². The van der Waals surface area contributed by atoms with Crippen molar-refractivity contribution < 1.29 is 9.53 Å². The first-order valence-corrected chi connectivity index (χ1v) is 4.83. The molecule has 0 amide bonds. The molecule has 0 N–H and O–H groups in total. The maximum Gasteiger partial charge on any atom is 0.310 e. The van der Waals surface area contributed by atoms with Gasteiger partial charge in [0.1, 0.15) is 0 Å². The number of hydrogen-bond donors (Lipinski definition) is 0. The monoisotopic (exact) mass is 175 g/mol. The Morgan fingerprint density at radius 1 is 1.73 bits per heavy atom. The largest absolute Gasteiger partial charge is 0.469 e. The zero-order valence-electron chi connectivity index (χ0n) is 6.87. The van der Waals surface area contributed by atoms with E-state index < -0.39 is 0 Å². The summed E-state index contributed by atoms with van der Waals surface area (Å²) in [5.74, 6) is 0.0361. The fourth-order valence-electron chi connectivity index (χ4n) is 1.25. The molecule has 0 aromatic heterocycles. The highest BCUT2D eigenvalue weighted by molar-refractivity contribution is 7.96. The van der Waals surface area contributed by atoms with Crippen molar-refractivity contribution in [3.8, 4) is 0 Å². The van der Waals surface area contributed by atoms with Gasteiger partial charge in [0.2, 0.25) is 0 Å². The third-order valence-electron chi connectivity index (χ3n) is 1.94. The van der Waals surface area contributed by atoms with Crippen molar-refractivity contribution in [2.24, 2.45) is 5.92 Å². The predicted octanol–water partition coefficient (Wildman–Crippen LogP) is 0.759. The van der Waals surface area contributed by atoms with Crippen LogP contribution in [0.2, 0.25) is 0 Å². The summed E-state index contributed by atoms with van der Waals surface area (Å²) in [7, 11) is 1.45. The first-order valence-electron chi connectivity index (χ1n) is 3.64. The predicted molar refractivity (Wildman–Crippen MR) is 45.2 cm³/mol. The minimum Gasteiger partial charge on any atom is -0.469 e. The third kappa shape index (κ3) is 2.10. The van der Waals surface area contributed by atoms with Crippen molar-refractivity contribution in [3.63, 3.8) is 0 Å². The summed E-state index contributed by atoms with van der Waals surface area (Å²) in [6.07, 6.45) is 2.97. The number of carbonyl (C=O) groups is 1. The molecule has 0 aliphatic carbocycles. The second-order valence-electron chi connectivity index (χ2n) is 2.58. The van der Waals surface area contributed by atoms with Crippen molar-refractivity contribution >= 4 is 17.9 Å². The normalized spacial score (nSPS) is 25.5. The zero-order valence-corrected chi connectivity index (χ0v) is 7.69. The van der Waals surface area contributed by atoms with E-state index in [2.05, 4.69) is 9.04 Å². The van der Waals surface area contributed by atoms with Crippen LogP contribution in [-0.4, -0.2) is 36.7 Å². The molecular formula is C7H13NO2S. The average molecular weight is 175 g/mol. The van der Waals surface area contributed by atoms with E-state index >= 15 is 0 Å². The Hall–Kier alpha value is -0.220. The quantitative estimate of drug-likeness (QED) is 0.458. The second kappa shape index (κ2) is 3.97. The first kappa shape index (κ1) is 8.87. The van der Waals surface area contributed by atoms with Crippen LogP contribution < -0.4 is 0 Å². The Labute approximate surface area is 71.2 Å². The lowest BCUT2D eigenvalue weighted by molar-refractivity contribution is -0.144. The first-order chi connectivity index (χ1) is 5.27. The van der Waals surface area contributed by atoms with E-state index in [1.807, 2.05) is 6.26 Å². The van der Waals surface area contributed by atoms with Gasteiger partial charge in [-0.2, -0.15) is 0 Å². The smallest absolute Gasteiger partial charge is 0.310 e. The molecule has 64 valence electrons. The summed E-state index contributed by atoms with van der Waals surface area (Å²) >= 11 is 1.69. The molecular weight excluding hydrogens is 162 g/mol. The van der Waals surface area contributed by atoms with Crippen LogP contribution >= 0.6 is 11.9 Å². The van der Waals surface area contributed by atoms with Crippen LogP contribution in [-0.2, 0) is 9.53 Å². The van der Waals surface area contributed by atoms with Gasteiger partial charge >= 0.3 is 5.97 Å². The molecule has 3 nitrogen and oxygen atoms in total. The SMILES string of the molecule is COC(=O)[C@@H]1CCN(SC)C1. The molecule has 1 aliphatic rings. The van der Waals surface area contributed by atoms with Crippen molar-refractivity contribution in [1.82, 2.24) is 4.31 Å². The van der Waals surface area contributed by atoms with Crippen LogP contribution in [0, 0.1) is 5.92 Å². The molecule has 0 aromatic carbocycles. The Morgan fingerprint density at radius 3 is 2.91 bits per heavy atom. The molecule has 11 heavy (non-hydrogen) atoms. The third-order valence-corrected chi connectivity index (χ3v) is 2.79. The average Bonchev–Trinajstić information content (AvgIpc) is 2.50. The molecule has 1 atom stereocenters. The van der Waals surface area contributed by atoms with Gasteiger partial charge in [0.25, 0.3) is 0 Å². The molecule has 0 unspecified atom stereocenters. The van der Waals surface area contributed by atoms with E-state index in [4.69, 9.17) is 0 Å². The van der Waals surface area contributed by atoms with E-state index in [0.717, 1.165) is 19.5 Å². The van der Waals surface area contributed by atoms with Crippen LogP contribution in [0.1, 0.15) is 6.42 Å². The summed E-state index contributed by atoms with van der Waals surface area (Å²) < 4.78 is 6.83. The summed E-state index contributed by atoms with van der Waals surface area (Å²) in [5, 5.41) is 0. The van der Waals surface area contributed by atoms with Crippen molar-refractivity contribution in [2.45, 2.75) is 6.42 Å². The minimum atomic E-state index is -0.0680. The highest BCUT2D eigenvalue weighted by Crippen LogP contribution is 2.21. The van der Waals surface area contributed by atoms with Gasteiger partial charge in [-0.1, -0.05) is 11.9 Å². The van der Waals surface area contributed by atoms with Gasteiger partial charge < -0.3 is 4.74 Å². The zero-order chi connectivity index (χ0) is 8.27. The molecule has 0 spiro atoms. The van der Waals surface area contributed by atoms with Gasteiger partial charge in [-0.15, -0.1) is 0 Å². The van der Waals surface area contributed by atoms with Crippen molar-refractivity contribution in [1.29, 1.82) is 0 Å². The fourth-order valence-corrected chi connectivity index (χ4v) is 1.87. The Balaban J connectivity index is 2.35. The van der Waals surface area contributed by atoms with Crippen LogP contribution in [0.4, 0.5) is 0 Å². The molecule has 0 bridgehead atoms. The van der Waals surface area contributed by atoms with E-state index in [1.54, 1.807) is 11.9 Å². The molecule has 1 rings (SSSR count). The molecule has 0 aromatic rings. The van der Waals surface area contributed by atoms with Crippen LogP contribution in [0.3, 0.4) is 0 Å². The van der Waals surface area contributed by atoms with E-state index in [1.165, 1.54) is 7.11 Å². The van der Waals surface area contributed by atoms with Crippen LogP contribution in [0.25, 0.3) is 0 Å². The lowest BCUT2D eigenvalue weighted by atomic mass is 10.1. The molecule has 1 fully saturated rings. The number of rotatable bonds is 2. The standard InChI is InChI=1S/C7H13NO2S/c1-10-7(9)6-3-4-8(5-6)11-2/h6H,3-5H2,1-2H3/t6-/m1/s1. The number of esters is 1. The Morgan fingerprint density at radius 2 is 2.45 bits per heavy atom. The summed E-state index contributed by atoms with van der Waals surface area (Å²) in [6, 6.07) is 0. The summed E-state index contributed by atoms with van der Waals surface area (Å²) in [5.41, 5.74) is 0. The lowest BCUT2D eigenvalue weighted by Gasteiger charge is -2.09. The van der Waals surface area contributed by atoms with Gasteiger partial charge in [0, 0.05) is 13.1 Å². The number of methoxy groups -OCH3 is 1. The molecule has 1 aliphatic heterocycles. The number of hydrogen-bond acceptors (Lipinski definition) is 4. The van der Waals surface area contributed by atoms with Crippen LogP contribution in [0.5, 0.6) is 0 Å². The molecule has 1 saturated heterocycles. The van der Waals surface area contributed by atoms with E-state index in [0.29, 0.717) is 0 Å². The Kier molecular flexibility index (Phi) is 3.20. The summed E-state index contributed by atoms with van der Waals surface area (Å²) in [4.78, 5) is 11.0. The molecule has 0 radical (unpaired) electrons. The van der Waals surface area contributed by atoms with Gasteiger partial charge in [-0.05, 0) is 12.7 Å². The molecule has 4 heteroatoms. The van der Waals surface area contributed by atoms with Gasteiger partial charge in [-0.3, -0.25) is 4.79 Å². The van der Waals surface area contributed by atoms with Gasteiger partial charge in [0.05, 0.1) is 13.0 Å². The van der Waals surface area contributed by atoms with Gasteiger partial charge in [-0.25, -0.2) is 4.31 Å². The van der Waals surface area contributed by atoms with Crippen molar-refractivity contribution in [2.75, 3.05) is 26.5 Å². The topological polar surface area (TPSA) is 29.5 Å². The second-order valence-corrected chi connectivity index (χ2v) is 3.46. The number of carbonyl (C=O) groups excluding carboxylic acids is 1. The summed E-state index contributed by atoms with van der Waals surface area (Å²) in [6.45, 7) is 1.84. The van der Waals surface area contributed by atoms with E-state index in [-0.39, 0.29) is 11.9 Å². The number of ether oxygens (including phenoxy) is 1. The lowest BCUT2D eigenvalue weighted by Crippen LogP contribution is -2.19. The molecule has 0 saturated carbocycles. The Bertz CT molecular complexity index is 151. The van der Waals surface area contributed by atoms with Crippen LogP contribution in [0.15, 0.2) is 0 Å². The maximum atomic E-state index is 11.0. The van der Waals surface area contributed by atoms with Crippen molar-refractivity contribution in [3.05, 3.63) is 0 Å². The van der Waals surface area contributed by atoms with Gasteiger partial charge in [0.15, 0.2) is 0 Å².